The van der Waals surface area contributed by atoms with Crippen LogP contribution in [0.1, 0.15) is 27.7 Å². The van der Waals surface area contributed by atoms with E-state index in [-0.39, 0.29) is 5.91 Å². The molecule has 5 heteroatoms. The van der Waals surface area contributed by atoms with Gasteiger partial charge in [-0.25, -0.2) is 0 Å². The summed E-state index contributed by atoms with van der Waals surface area (Å²) in [6.45, 7) is 3.80. The first kappa shape index (κ1) is 13.6. The van der Waals surface area contributed by atoms with Gasteiger partial charge in [0.05, 0.1) is 18.7 Å². The van der Waals surface area contributed by atoms with Crippen LogP contribution in [-0.2, 0) is 13.1 Å². The molecule has 1 aliphatic rings. The Morgan fingerprint density at radius 1 is 1.35 bits per heavy atom. The molecule has 0 radical (unpaired) electrons. The first-order valence-electron chi connectivity index (χ1n) is 6.48. The Balaban J connectivity index is 1.84. The summed E-state index contributed by atoms with van der Waals surface area (Å²) >= 11 is 5.07. The lowest BCUT2D eigenvalue weighted by Crippen LogP contribution is -2.23. The number of rotatable bonds is 4. The predicted molar refractivity (Wildman–Crippen MR) is 83.2 cm³/mol. The molecule has 0 fully saturated rings. The van der Waals surface area contributed by atoms with Gasteiger partial charge in [-0.3, -0.25) is 4.79 Å². The zero-order valence-electron chi connectivity index (χ0n) is 11.1. The molecule has 2 heterocycles. The van der Waals surface area contributed by atoms with Crippen molar-refractivity contribution in [3.8, 4) is 5.75 Å². The summed E-state index contributed by atoms with van der Waals surface area (Å²) in [4.78, 5) is 15.5. The van der Waals surface area contributed by atoms with Crippen LogP contribution in [0.4, 0.5) is 0 Å². The van der Waals surface area contributed by atoms with E-state index in [1.165, 1.54) is 0 Å². The second-order valence-corrected chi connectivity index (χ2v) is 7.01. The summed E-state index contributed by atoms with van der Waals surface area (Å²) in [5.74, 6) is 0.766. The number of hydrogen-bond donors (Lipinski definition) is 0. The van der Waals surface area contributed by atoms with Crippen molar-refractivity contribution < 1.29 is 9.53 Å². The fraction of sp³-hybridized carbons (Fsp3) is 0.267. The molecule has 0 atom stereocenters. The number of halogens is 1. The number of thiophene rings is 1. The highest BCUT2D eigenvalue weighted by molar-refractivity contribution is 9.11. The van der Waals surface area contributed by atoms with Gasteiger partial charge in [-0.1, -0.05) is 30.3 Å². The molecule has 3 rings (SSSR count). The van der Waals surface area contributed by atoms with Gasteiger partial charge in [-0.15, -0.1) is 11.3 Å². The number of carbonyl (C=O) groups is 1. The van der Waals surface area contributed by atoms with Crippen LogP contribution in [0.2, 0.25) is 0 Å². The van der Waals surface area contributed by atoms with Crippen LogP contribution in [0.5, 0.6) is 5.75 Å². The average molecular weight is 352 g/mol. The SMILES string of the molecule is CCOc1c(Br)sc2c1C(=O)N(Cc1ccccc1)C2. The molecule has 0 N–H and O–H groups in total. The van der Waals surface area contributed by atoms with Crippen molar-refractivity contribution in [2.45, 2.75) is 20.0 Å². The normalized spacial score (nSPS) is 13.7. The van der Waals surface area contributed by atoms with Gasteiger partial charge >= 0.3 is 0 Å². The zero-order chi connectivity index (χ0) is 14.1. The lowest BCUT2D eigenvalue weighted by atomic mass is 10.2. The van der Waals surface area contributed by atoms with Gasteiger partial charge in [0.1, 0.15) is 3.79 Å². The molecular weight excluding hydrogens is 338 g/mol. The van der Waals surface area contributed by atoms with E-state index in [1.807, 2.05) is 42.2 Å². The molecule has 0 unspecified atom stereocenters. The van der Waals surface area contributed by atoms with Gasteiger partial charge in [0, 0.05) is 11.4 Å². The molecule has 1 aromatic heterocycles. The third kappa shape index (κ3) is 2.36. The molecule has 3 nitrogen and oxygen atoms in total. The van der Waals surface area contributed by atoms with Crippen molar-refractivity contribution in [2.75, 3.05) is 6.61 Å². The second-order valence-electron chi connectivity index (χ2n) is 4.58. The van der Waals surface area contributed by atoms with Crippen LogP contribution >= 0.6 is 27.3 Å². The number of fused-ring (bicyclic) bond motifs is 1. The monoisotopic (exact) mass is 351 g/mol. The molecule has 1 amide bonds. The zero-order valence-corrected chi connectivity index (χ0v) is 13.5. The molecule has 1 aliphatic heterocycles. The number of carbonyl (C=O) groups excluding carboxylic acids is 1. The van der Waals surface area contributed by atoms with Gasteiger partial charge in [-0.2, -0.15) is 0 Å². The fourth-order valence-corrected chi connectivity index (χ4v) is 4.24. The van der Waals surface area contributed by atoms with Crippen LogP contribution in [0.15, 0.2) is 34.1 Å². The molecule has 1 aromatic carbocycles. The summed E-state index contributed by atoms with van der Waals surface area (Å²) < 4.78 is 6.52. The number of nitrogens with zero attached hydrogens (tertiary/aromatic N) is 1. The van der Waals surface area contributed by atoms with Crippen molar-refractivity contribution in [3.05, 3.63) is 50.1 Å². The highest BCUT2D eigenvalue weighted by Gasteiger charge is 2.34. The number of hydrogen-bond acceptors (Lipinski definition) is 3. The highest BCUT2D eigenvalue weighted by atomic mass is 79.9. The average Bonchev–Trinajstić information content (AvgIpc) is 2.90. The second kappa shape index (κ2) is 5.58. The fourth-order valence-electron chi connectivity index (χ4n) is 2.37. The van der Waals surface area contributed by atoms with Gasteiger partial charge in [0.15, 0.2) is 5.75 Å². The first-order chi connectivity index (χ1) is 9.70. The van der Waals surface area contributed by atoms with Crippen molar-refractivity contribution in [1.82, 2.24) is 4.90 Å². The number of amides is 1. The van der Waals surface area contributed by atoms with E-state index >= 15 is 0 Å². The lowest BCUT2D eigenvalue weighted by molar-refractivity contribution is 0.0763. The third-order valence-corrected chi connectivity index (χ3v) is 5.03. The molecule has 0 aliphatic carbocycles. The van der Waals surface area contributed by atoms with Crippen LogP contribution in [-0.4, -0.2) is 17.4 Å². The third-order valence-electron chi connectivity index (χ3n) is 3.24. The highest BCUT2D eigenvalue weighted by Crippen LogP contribution is 2.44. The van der Waals surface area contributed by atoms with E-state index < -0.39 is 0 Å². The maximum Gasteiger partial charge on any atom is 0.259 e. The minimum absolute atomic E-state index is 0.0641. The van der Waals surface area contributed by atoms with E-state index in [2.05, 4.69) is 15.9 Å². The lowest BCUT2D eigenvalue weighted by Gasteiger charge is -2.16. The van der Waals surface area contributed by atoms with E-state index in [0.717, 1.165) is 19.8 Å². The molecule has 0 saturated carbocycles. The van der Waals surface area contributed by atoms with Gasteiger partial charge < -0.3 is 9.64 Å². The van der Waals surface area contributed by atoms with Crippen LogP contribution in [0.25, 0.3) is 0 Å². The predicted octanol–water partition coefficient (Wildman–Crippen LogP) is 4.07. The molecule has 104 valence electrons. The van der Waals surface area contributed by atoms with Crippen molar-refractivity contribution >= 4 is 33.2 Å². The topological polar surface area (TPSA) is 29.5 Å². The molecule has 20 heavy (non-hydrogen) atoms. The van der Waals surface area contributed by atoms with E-state index in [0.29, 0.717) is 25.4 Å². The summed E-state index contributed by atoms with van der Waals surface area (Å²) in [5, 5.41) is 0. The van der Waals surface area contributed by atoms with Gasteiger partial charge in [0.2, 0.25) is 0 Å². The maximum atomic E-state index is 12.5. The molecular formula is C15H14BrNO2S. The Hall–Kier alpha value is -1.33. The minimum atomic E-state index is 0.0641. The van der Waals surface area contributed by atoms with Crippen molar-refractivity contribution in [1.29, 1.82) is 0 Å². The van der Waals surface area contributed by atoms with Gasteiger partial charge in [0.25, 0.3) is 5.91 Å². The van der Waals surface area contributed by atoms with Crippen molar-refractivity contribution in [3.63, 3.8) is 0 Å². The smallest absolute Gasteiger partial charge is 0.259 e. The molecule has 0 saturated heterocycles. The number of ether oxygens (including phenoxy) is 1. The van der Waals surface area contributed by atoms with E-state index in [1.54, 1.807) is 11.3 Å². The summed E-state index contributed by atoms with van der Waals surface area (Å²) in [6.07, 6.45) is 0. The summed E-state index contributed by atoms with van der Waals surface area (Å²) in [5.41, 5.74) is 1.88. The van der Waals surface area contributed by atoms with Crippen LogP contribution in [0, 0.1) is 0 Å². The van der Waals surface area contributed by atoms with Gasteiger partial charge in [-0.05, 0) is 28.4 Å². The standard InChI is InChI=1S/C15H14BrNO2S/c1-2-19-13-12-11(20-14(13)16)9-17(15(12)18)8-10-6-4-3-5-7-10/h3-7H,2,8-9H2,1H3. The summed E-state index contributed by atoms with van der Waals surface area (Å²) in [6, 6.07) is 10.1. The molecule has 0 bridgehead atoms. The van der Waals surface area contributed by atoms with Crippen LogP contribution < -0.4 is 4.74 Å². The Labute approximate surface area is 130 Å². The van der Waals surface area contributed by atoms with E-state index in [4.69, 9.17) is 4.74 Å². The van der Waals surface area contributed by atoms with Crippen molar-refractivity contribution in [2.24, 2.45) is 0 Å². The Morgan fingerprint density at radius 3 is 2.80 bits per heavy atom. The Bertz CT molecular complexity index is 639. The summed E-state index contributed by atoms with van der Waals surface area (Å²) in [7, 11) is 0. The largest absolute Gasteiger partial charge is 0.491 e. The van der Waals surface area contributed by atoms with Crippen LogP contribution in [0.3, 0.4) is 0 Å². The Morgan fingerprint density at radius 2 is 2.10 bits per heavy atom. The first-order valence-corrected chi connectivity index (χ1v) is 8.08. The van der Waals surface area contributed by atoms with E-state index in [9.17, 15) is 4.79 Å². The quantitative estimate of drug-likeness (QED) is 0.830. The number of benzene rings is 1. The Kier molecular flexibility index (Phi) is 3.81. The minimum Gasteiger partial charge on any atom is -0.491 e. The molecule has 2 aromatic rings. The molecule has 0 spiro atoms. The maximum absolute atomic E-state index is 12.5.